The number of aromatic nitrogens is 1. The van der Waals surface area contributed by atoms with Crippen LogP contribution in [0.4, 0.5) is 0 Å². The third-order valence-corrected chi connectivity index (χ3v) is 7.30. The summed E-state index contributed by atoms with van der Waals surface area (Å²) in [5, 5.41) is 2.87. The number of benzene rings is 2. The van der Waals surface area contributed by atoms with E-state index < -0.39 is 0 Å². The largest absolute Gasteiger partial charge is 0.486 e. The Hall–Kier alpha value is -4.39. The number of furan rings is 1. The van der Waals surface area contributed by atoms with Crippen molar-refractivity contribution in [2.45, 2.75) is 52.7 Å². The van der Waals surface area contributed by atoms with E-state index in [1.807, 2.05) is 35.2 Å². The zero-order valence-corrected chi connectivity index (χ0v) is 23.9. The fraction of sp³-hybridized carbons (Fsp3) is 0.324. The Kier molecular flexibility index (Phi) is 8.82. The lowest BCUT2D eigenvalue weighted by Gasteiger charge is -2.38. The topological polar surface area (TPSA) is 84.7 Å². The summed E-state index contributed by atoms with van der Waals surface area (Å²) in [6.45, 7) is 7.57. The van der Waals surface area contributed by atoms with Crippen LogP contribution in [0.15, 0.2) is 83.4 Å². The second kappa shape index (κ2) is 12.9. The lowest BCUT2D eigenvalue weighted by atomic mass is 9.87. The molecule has 1 atom stereocenters. The van der Waals surface area contributed by atoms with Gasteiger partial charge in [-0.05, 0) is 72.4 Å². The van der Waals surface area contributed by atoms with Gasteiger partial charge in [-0.3, -0.25) is 14.6 Å². The summed E-state index contributed by atoms with van der Waals surface area (Å²) in [5.74, 6) is 1.68. The van der Waals surface area contributed by atoms with Crippen molar-refractivity contribution in [1.29, 1.82) is 0 Å². The van der Waals surface area contributed by atoms with Crippen LogP contribution in [0.25, 0.3) is 0 Å². The monoisotopic (exact) mass is 551 g/mol. The van der Waals surface area contributed by atoms with Crippen LogP contribution in [0, 0.1) is 12.8 Å². The Bertz CT molecular complexity index is 1480. The fourth-order valence-corrected chi connectivity index (χ4v) is 5.20. The van der Waals surface area contributed by atoms with Gasteiger partial charge in [-0.15, -0.1) is 0 Å². The van der Waals surface area contributed by atoms with Crippen molar-refractivity contribution in [2.75, 3.05) is 13.1 Å². The normalized spacial score (nSPS) is 14.5. The molecule has 0 spiro atoms. The van der Waals surface area contributed by atoms with Gasteiger partial charge in [-0.1, -0.05) is 55.8 Å². The van der Waals surface area contributed by atoms with Crippen LogP contribution in [0.3, 0.4) is 0 Å². The van der Waals surface area contributed by atoms with E-state index >= 15 is 0 Å². The number of hydrogen-bond donors (Lipinski definition) is 1. The third kappa shape index (κ3) is 7.04. The minimum atomic E-state index is -0.270. The molecule has 0 fully saturated rings. The van der Waals surface area contributed by atoms with Crippen molar-refractivity contribution in [3.63, 3.8) is 0 Å². The van der Waals surface area contributed by atoms with E-state index in [1.54, 1.807) is 18.3 Å². The summed E-state index contributed by atoms with van der Waals surface area (Å²) in [4.78, 5) is 32.1. The highest BCUT2D eigenvalue weighted by Crippen LogP contribution is 2.38. The molecule has 4 aromatic rings. The molecule has 1 aliphatic rings. The SMILES string of the molecule is Cc1ccc([C@@H]2c3cc(OCc4ccc(C(=O)NCCc5ccccn5)o4)ccc3CCN2C(=O)CC(C)C)cc1. The zero-order chi connectivity index (χ0) is 28.8. The Labute approximate surface area is 241 Å². The summed E-state index contributed by atoms with van der Waals surface area (Å²) in [7, 11) is 0. The van der Waals surface area contributed by atoms with E-state index in [0.717, 1.165) is 23.2 Å². The van der Waals surface area contributed by atoms with Crippen LogP contribution < -0.4 is 10.1 Å². The Balaban J connectivity index is 1.27. The molecular formula is C34H37N3O4. The van der Waals surface area contributed by atoms with Crippen molar-refractivity contribution in [3.05, 3.63) is 118 Å². The maximum Gasteiger partial charge on any atom is 0.287 e. The van der Waals surface area contributed by atoms with Crippen LogP contribution in [0.2, 0.25) is 0 Å². The Morgan fingerprint density at radius 3 is 2.66 bits per heavy atom. The van der Waals surface area contributed by atoms with Gasteiger partial charge >= 0.3 is 0 Å². The highest BCUT2D eigenvalue weighted by molar-refractivity contribution is 5.91. The van der Waals surface area contributed by atoms with Gasteiger partial charge in [0.1, 0.15) is 18.1 Å². The number of rotatable bonds is 10. The first-order valence-corrected chi connectivity index (χ1v) is 14.3. The number of amides is 2. The van der Waals surface area contributed by atoms with E-state index in [1.165, 1.54) is 11.1 Å². The number of aryl methyl sites for hydroxylation is 1. The maximum absolute atomic E-state index is 13.3. The third-order valence-electron chi connectivity index (χ3n) is 7.30. The molecule has 0 saturated carbocycles. The summed E-state index contributed by atoms with van der Waals surface area (Å²) in [6, 6.07) is 23.5. The maximum atomic E-state index is 13.3. The predicted molar refractivity (Wildman–Crippen MR) is 158 cm³/mol. The quantitative estimate of drug-likeness (QED) is 0.259. The molecule has 212 valence electrons. The van der Waals surface area contributed by atoms with Crippen LogP contribution in [0.5, 0.6) is 5.75 Å². The van der Waals surface area contributed by atoms with E-state index in [0.29, 0.717) is 43.4 Å². The van der Waals surface area contributed by atoms with Gasteiger partial charge in [0, 0.05) is 37.8 Å². The molecular weight excluding hydrogens is 514 g/mol. The number of hydrogen-bond acceptors (Lipinski definition) is 5. The van der Waals surface area contributed by atoms with Crippen LogP contribution in [-0.2, 0) is 24.2 Å². The standard InChI is InChI=1S/C34H37N3O4/c1-23(2)20-32(38)37-19-16-25-11-12-28(21-30(25)33(37)26-9-7-24(3)8-10-26)40-22-29-13-14-31(41-29)34(39)36-18-15-27-6-4-5-17-35-27/h4-14,17,21,23,33H,15-16,18-20,22H2,1-3H3,(H,36,39)/t33-/m1/s1. The molecule has 2 aromatic heterocycles. The Morgan fingerprint density at radius 2 is 1.90 bits per heavy atom. The van der Waals surface area contributed by atoms with Crippen LogP contribution in [0.1, 0.15) is 70.6 Å². The van der Waals surface area contributed by atoms with Gasteiger partial charge < -0.3 is 19.4 Å². The van der Waals surface area contributed by atoms with Crippen molar-refractivity contribution >= 4 is 11.8 Å². The van der Waals surface area contributed by atoms with E-state index in [2.05, 4.69) is 61.4 Å². The van der Waals surface area contributed by atoms with Gasteiger partial charge in [-0.25, -0.2) is 0 Å². The number of carbonyl (C=O) groups is 2. The number of ether oxygens (including phenoxy) is 1. The molecule has 1 aliphatic heterocycles. The van der Waals surface area contributed by atoms with Gasteiger partial charge in [0.15, 0.2) is 5.76 Å². The van der Waals surface area contributed by atoms with Gasteiger partial charge in [-0.2, -0.15) is 0 Å². The minimum Gasteiger partial charge on any atom is -0.486 e. The summed E-state index contributed by atoms with van der Waals surface area (Å²) < 4.78 is 11.9. The number of nitrogens with zero attached hydrogens (tertiary/aromatic N) is 2. The van der Waals surface area contributed by atoms with Crippen molar-refractivity contribution in [1.82, 2.24) is 15.2 Å². The van der Waals surface area contributed by atoms with Crippen molar-refractivity contribution in [2.24, 2.45) is 5.92 Å². The molecule has 2 aromatic carbocycles. The fourth-order valence-electron chi connectivity index (χ4n) is 5.20. The Morgan fingerprint density at radius 1 is 1.07 bits per heavy atom. The second-order valence-corrected chi connectivity index (χ2v) is 11.0. The van der Waals surface area contributed by atoms with Crippen molar-refractivity contribution < 1.29 is 18.7 Å². The van der Waals surface area contributed by atoms with Gasteiger partial charge in [0.25, 0.3) is 5.91 Å². The lowest BCUT2D eigenvalue weighted by molar-refractivity contribution is -0.134. The molecule has 0 unspecified atom stereocenters. The molecule has 7 heteroatoms. The van der Waals surface area contributed by atoms with E-state index in [-0.39, 0.29) is 30.2 Å². The highest BCUT2D eigenvalue weighted by atomic mass is 16.5. The number of fused-ring (bicyclic) bond motifs is 1. The molecule has 3 heterocycles. The average molecular weight is 552 g/mol. The molecule has 41 heavy (non-hydrogen) atoms. The molecule has 0 saturated heterocycles. The van der Waals surface area contributed by atoms with E-state index in [4.69, 9.17) is 9.15 Å². The average Bonchev–Trinajstić information content (AvgIpc) is 3.45. The zero-order valence-electron chi connectivity index (χ0n) is 23.9. The molecule has 0 radical (unpaired) electrons. The first kappa shape index (κ1) is 28.1. The molecule has 1 N–H and O–H groups in total. The number of nitrogens with one attached hydrogen (secondary N) is 1. The molecule has 2 amide bonds. The highest BCUT2D eigenvalue weighted by Gasteiger charge is 2.32. The molecule has 0 bridgehead atoms. The van der Waals surface area contributed by atoms with Crippen molar-refractivity contribution in [3.8, 4) is 5.75 Å². The van der Waals surface area contributed by atoms with Gasteiger partial charge in [0.05, 0.1) is 6.04 Å². The summed E-state index contributed by atoms with van der Waals surface area (Å²) >= 11 is 0. The molecule has 5 rings (SSSR count). The number of carbonyl (C=O) groups excluding carboxylic acids is 2. The lowest BCUT2D eigenvalue weighted by Crippen LogP contribution is -2.41. The van der Waals surface area contributed by atoms with Crippen LogP contribution >= 0.6 is 0 Å². The van der Waals surface area contributed by atoms with E-state index in [9.17, 15) is 9.59 Å². The summed E-state index contributed by atoms with van der Waals surface area (Å²) in [5.41, 5.74) is 5.50. The number of pyridine rings is 1. The van der Waals surface area contributed by atoms with Gasteiger partial charge in [0.2, 0.25) is 5.91 Å². The first-order chi connectivity index (χ1) is 19.9. The first-order valence-electron chi connectivity index (χ1n) is 14.3. The smallest absolute Gasteiger partial charge is 0.287 e. The summed E-state index contributed by atoms with van der Waals surface area (Å²) in [6.07, 6.45) is 3.71. The molecule has 7 nitrogen and oxygen atoms in total. The molecule has 0 aliphatic carbocycles. The van der Waals surface area contributed by atoms with Crippen LogP contribution in [-0.4, -0.2) is 34.8 Å². The minimum absolute atomic E-state index is 0.167. The second-order valence-electron chi connectivity index (χ2n) is 11.0. The predicted octanol–water partition coefficient (Wildman–Crippen LogP) is 6.05.